The number of aliphatic hydroxyl groups is 1. The molecule has 2 atom stereocenters. The molecule has 14 heavy (non-hydrogen) atoms. The molecule has 1 heterocycles. The highest BCUT2D eigenvalue weighted by Crippen LogP contribution is 2.33. The van der Waals surface area contributed by atoms with Crippen LogP contribution in [0.2, 0.25) is 0 Å². The summed E-state index contributed by atoms with van der Waals surface area (Å²) in [6.07, 6.45) is 3.45. The average Bonchev–Trinajstić information content (AvgIpc) is 2.19. The smallest absolute Gasteiger partial charge is 0.133 e. The maximum Gasteiger partial charge on any atom is 0.133 e. The third kappa shape index (κ3) is 1.66. The van der Waals surface area contributed by atoms with E-state index in [2.05, 4.69) is 0 Å². The summed E-state index contributed by atoms with van der Waals surface area (Å²) in [5.74, 6) is 0. The van der Waals surface area contributed by atoms with E-state index in [1.54, 1.807) is 12.3 Å². The van der Waals surface area contributed by atoms with Gasteiger partial charge in [-0.15, -0.1) is 0 Å². The van der Waals surface area contributed by atoms with E-state index < -0.39 is 11.7 Å². The summed E-state index contributed by atoms with van der Waals surface area (Å²) in [6.45, 7) is 2.00. The molecule has 0 bridgehead atoms. The largest absolute Gasteiger partial charge is 0.491 e. The molecule has 0 aromatic heterocycles. The number of rotatable bonds is 1. The Balaban J connectivity index is 2.29. The Hall–Kier alpha value is -1.28. The Labute approximate surface area is 83.8 Å². The Morgan fingerprint density at radius 2 is 2.07 bits per heavy atom. The molecule has 1 aliphatic heterocycles. The lowest BCUT2D eigenvalue weighted by Crippen LogP contribution is -2.31. The Kier molecular flexibility index (Phi) is 2.30. The highest BCUT2D eigenvalue weighted by molar-refractivity contribution is 5.23. The van der Waals surface area contributed by atoms with E-state index in [1.807, 2.05) is 37.3 Å². The SMILES string of the molecule is C[C@@]1(c2ccccc2)C[C@@H](O)C=CO1. The van der Waals surface area contributed by atoms with E-state index in [-0.39, 0.29) is 0 Å². The molecule has 2 nitrogen and oxygen atoms in total. The van der Waals surface area contributed by atoms with Gasteiger partial charge in [-0.1, -0.05) is 30.3 Å². The van der Waals surface area contributed by atoms with Crippen molar-refractivity contribution in [1.82, 2.24) is 0 Å². The molecule has 2 heteroatoms. The normalized spacial score (nSPS) is 31.1. The number of benzene rings is 1. The topological polar surface area (TPSA) is 29.5 Å². The third-order valence-electron chi connectivity index (χ3n) is 2.61. The summed E-state index contributed by atoms with van der Waals surface area (Å²) < 4.78 is 5.58. The Morgan fingerprint density at radius 1 is 1.36 bits per heavy atom. The van der Waals surface area contributed by atoms with E-state index in [4.69, 9.17) is 4.74 Å². The van der Waals surface area contributed by atoms with Crippen molar-refractivity contribution in [1.29, 1.82) is 0 Å². The van der Waals surface area contributed by atoms with Crippen LogP contribution in [0, 0.1) is 0 Å². The minimum atomic E-state index is -0.408. The second-order valence-electron chi connectivity index (χ2n) is 3.81. The lowest BCUT2D eigenvalue weighted by atomic mass is 9.88. The van der Waals surface area contributed by atoms with Gasteiger partial charge in [0.25, 0.3) is 0 Å². The monoisotopic (exact) mass is 190 g/mol. The van der Waals surface area contributed by atoms with Crippen molar-refractivity contribution in [3.8, 4) is 0 Å². The highest BCUT2D eigenvalue weighted by atomic mass is 16.5. The van der Waals surface area contributed by atoms with Crippen LogP contribution < -0.4 is 0 Å². The van der Waals surface area contributed by atoms with Crippen LogP contribution in [0.15, 0.2) is 42.7 Å². The fourth-order valence-electron chi connectivity index (χ4n) is 1.77. The van der Waals surface area contributed by atoms with Crippen LogP contribution in [0.25, 0.3) is 0 Å². The highest BCUT2D eigenvalue weighted by Gasteiger charge is 2.32. The summed E-state index contributed by atoms with van der Waals surface area (Å²) in [5.41, 5.74) is 0.707. The van der Waals surface area contributed by atoms with Crippen molar-refractivity contribution in [2.24, 2.45) is 0 Å². The van der Waals surface area contributed by atoms with Gasteiger partial charge >= 0.3 is 0 Å². The van der Waals surface area contributed by atoms with Gasteiger partial charge in [0.1, 0.15) is 5.60 Å². The second-order valence-corrected chi connectivity index (χ2v) is 3.81. The Morgan fingerprint density at radius 3 is 2.71 bits per heavy atom. The van der Waals surface area contributed by atoms with Gasteiger partial charge in [0, 0.05) is 6.42 Å². The van der Waals surface area contributed by atoms with E-state index in [9.17, 15) is 5.11 Å². The van der Waals surface area contributed by atoms with Crippen molar-refractivity contribution < 1.29 is 9.84 Å². The van der Waals surface area contributed by atoms with Crippen molar-refractivity contribution >= 4 is 0 Å². The predicted molar refractivity (Wildman–Crippen MR) is 54.6 cm³/mol. The van der Waals surface area contributed by atoms with Crippen LogP contribution >= 0.6 is 0 Å². The molecule has 1 aliphatic rings. The minimum Gasteiger partial charge on any atom is -0.491 e. The van der Waals surface area contributed by atoms with Crippen molar-refractivity contribution in [2.75, 3.05) is 0 Å². The minimum absolute atomic E-state index is 0.393. The Bertz CT molecular complexity index is 331. The molecule has 0 unspecified atom stereocenters. The van der Waals surface area contributed by atoms with E-state index >= 15 is 0 Å². The summed E-state index contributed by atoms with van der Waals surface area (Å²) in [5, 5.41) is 9.54. The summed E-state index contributed by atoms with van der Waals surface area (Å²) >= 11 is 0. The molecule has 1 N–H and O–H groups in total. The zero-order chi connectivity index (χ0) is 10.0. The van der Waals surface area contributed by atoms with Crippen LogP contribution in [-0.2, 0) is 10.3 Å². The maximum absolute atomic E-state index is 9.54. The van der Waals surface area contributed by atoms with Gasteiger partial charge < -0.3 is 9.84 Å². The van der Waals surface area contributed by atoms with Crippen LogP contribution in [0.1, 0.15) is 18.9 Å². The molecule has 1 aromatic rings. The van der Waals surface area contributed by atoms with Crippen LogP contribution in [0.3, 0.4) is 0 Å². The van der Waals surface area contributed by atoms with Crippen LogP contribution in [0.5, 0.6) is 0 Å². The molecule has 0 radical (unpaired) electrons. The molecule has 0 amide bonds. The zero-order valence-corrected chi connectivity index (χ0v) is 8.18. The second kappa shape index (κ2) is 3.46. The van der Waals surface area contributed by atoms with Gasteiger partial charge in [0.2, 0.25) is 0 Å². The first kappa shape index (κ1) is 9.28. The predicted octanol–water partition coefficient (Wildman–Crippen LogP) is 2.20. The first-order valence-corrected chi connectivity index (χ1v) is 4.79. The van der Waals surface area contributed by atoms with E-state index in [0.717, 1.165) is 5.56 Å². The molecular formula is C12H14O2. The molecule has 1 aromatic carbocycles. The molecule has 2 rings (SSSR count). The maximum atomic E-state index is 9.54. The molecule has 0 spiro atoms. The molecule has 0 saturated heterocycles. The fraction of sp³-hybridized carbons (Fsp3) is 0.333. The van der Waals surface area contributed by atoms with Gasteiger partial charge in [-0.25, -0.2) is 0 Å². The lowest BCUT2D eigenvalue weighted by molar-refractivity contribution is -0.0200. The molecule has 0 saturated carbocycles. The number of hydrogen-bond acceptors (Lipinski definition) is 2. The van der Waals surface area contributed by atoms with Gasteiger partial charge in [0.05, 0.1) is 12.4 Å². The van der Waals surface area contributed by atoms with Crippen molar-refractivity contribution in [2.45, 2.75) is 25.0 Å². The fourth-order valence-corrected chi connectivity index (χ4v) is 1.77. The molecule has 0 aliphatic carbocycles. The van der Waals surface area contributed by atoms with Crippen LogP contribution in [-0.4, -0.2) is 11.2 Å². The van der Waals surface area contributed by atoms with Gasteiger partial charge in [-0.3, -0.25) is 0 Å². The number of aliphatic hydroxyl groups excluding tert-OH is 1. The third-order valence-corrected chi connectivity index (χ3v) is 2.61. The first-order valence-electron chi connectivity index (χ1n) is 4.79. The quantitative estimate of drug-likeness (QED) is 0.735. The molecular weight excluding hydrogens is 176 g/mol. The van der Waals surface area contributed by atoms with Crippen molar-refractivity contribution in [3.05, 3.63) is 48.2 Å². The summed E-state index contributed by atoms with van der Waals surface area (Å²) in [4.78, 5) is 0. The van der Waals surface area contributed by atoms with Gasteiger partial charge in [0.15, 0.2) is 0 Å². The molecule has 74 valence electrons. The van der Waals surface area contributed by atoms with Gasteiger partial charge in [-0.05, 0) is 18.6 Å². The van der Waals surface area contributed by atoms with E-state index in [1.165, 1.54) is 0 Å². The summed E-state index contributed by atoms with van der Waals surface area (Å²) in [6, 6.07) is 9.98. The standard InChI is InChI=1S/C12H14O2/c1-12(9-11(13)7-8-14-12)10-5-3-2-4-6-10/h2-8,11,13H,9H2,1H3/t11-,12-/m0/s1. The lowest BCUT2D eigenvalue weighted by Gasteiger charge is -2.33. The van der Waals surface area contributed by atoms with Crippen LogP contribution in [0.4, 0.5) is 0 Å². The van der Waals surface area contributed by atoms with E-state index in [0.29, 0.717) is 6.42 Å². The number of ether oxygens (including phenoxy) is 1. The summed E-state index contributed by atoms with van der Waals surface area (Å²) in [7, 11) is 0. The first-order chi connectivity index (χ1) is 6.71. The van der Waals surface area contributed by atoms with Gasteiger partial charge in [-0.2, -0.15) is 0 Å². The number of hydrogen-bond donors (Lipinski definition) is 1. The van der Waals surface area contributed by atoms with Crippen molar-refractivity contribution in [3.63, 3.8) is 0 Å². The molecule has 0 fully saturated rings. The average molecular weight is 190 g/mol. The zero-order valence-electron chi connectivity index (χ0n) is 8.18.